The van der Waals surface area contributed by atoms with Crippen molar-refractivity contribution in [1.82, 2.24) is 0 Å². The van der Waals surface area contributed by atoms with Crippen LogP contribution < -0.4 is 5.46 Å². The Morgan fingerprint density at radius 2 is 1.50 bits per heavy atom. The second-order valence-corrected chi connectivity index (χ2v) is 8.35. The molecule has 2 nitrogen and oxygen atoms in total. The van der Waals surface area contributed by atoms with Crippen LogP contribution in [0.5, 0.6) is 0 Å². The lowest BCUT2D eigenvalue weighted by molar-refractivity contribution is 0.00578. The first-order valence-electron chi connectivity index (χ1n) is 8.31. The van der Waals surface area contributed by atoms with Gasteiger partial charge in [0.25, 0.3) is 0 Å². The van der Waals surface area contributed by atoms with E-state index < -0.39 is 30.0 Å². The number of halogens is 3. The van der Waals surface area contributed by atoms with Crippen molar-refractivity contribution in [3.05, 3.63) is 59.4 Å². The number of benzene rings is 2. The summed E-state index contributed by atoms with van der Waals surface area (Å²) in [5.74, 6) is -1.88. The fourth-order valence-electron chi connectivity index (χ4n) is 2.53. The van der Waals surface area contributed by atoms with Crippen molar-refractivity contribution in [2.24, 2.45) is 0 Å². The maximum atomic E-state index is 14.5. The molecule has 1 aliphatic rings. The summed E-state index contributed by atoms with van der Waals surface area (Å²) in [6.07, 6.45) is 0. The Morgan fingerprint density at radius 3 is 2.08 bits per heavy atom. The molecule has 0 aromatic heterocycles. The van der Waals surface area contributed by atoms with Crippen LogP contribution in [0, 0.1) is 17.5 Å². The van der Waals surface area contributed by atoms with Gasteiger partial charge in [0.15, 0.2) is 11.6 Å². The molecule has 0 atom stereocenters. The molecule has 0 N–H and O–H groups in total. The maximum absolute atomic E-state index is 14.5. The first kappa shape index (κ1) is 19.3. The third kappa shape index (κ3) is 3.80. The minimum absolute atomic E-state index is 0.306. The highest BCUT2D eigenvalue weighted by molar-refractivity contribution is 7.98. The van der Waals surface area contributed by atoms with Crippen LogP contribution in [0.2, 0.25) is 0 Å². The van der Waals surface area contributed by atoms with Gasteiger partial charge in [0.05, 0.1) is 11.2 Å². The minimum Gasteiger partial charge on any atom is -0.399 e. The molecule has 7 heteroatoms. The molecule has 0 saturated carbocycles. The van der Waals surface area contributed by atoms with E-state index in [1.165, 1.54) is 23.9 Å². The Kier molecular flexibility index (Phi) is 5.16. The molecule has 26 heavy (non-hydrogen) atoms. The molecule has 0 bridgehead atoms. The molecular formula is C19H20BF3O2S. The van der Waals surface area contributed by atoms with Crippen LogP contribution in [-0.4, -0.2) is 18.3 Å². The second-order valence-electron chi connectivity index (χ2n) is 7.30. The van der Waals surface area contributed by atoms with E-state index in [1.807, 2.05) is 27.7 Å². The summed E-state index contributed by atoms with van der Waals surface area (Å²) in [6, 6.07) is 8.49. The van der Waals surface area contributed by atoms with E-state index in [4.69, 9.17) is 9.31 Å². The molecule has 1 aliphatic heterocycles. The van der Waals surface area contributed by atoms with Crippen LogP contribution in [-0.2, 0) is 15.1 Å². The molecule has 0 spiro atoms. The van der Waals surface area contributed by atoms with Crippen LogP contribution in [0.15, 0.2) is 41.3 Å². The molecule has 0 aliphatic carbocycles. The first-order chi connectivity index (χ1) is 12.1. The molecule has 0 radical (unpaired) electrons. The molecule has 1 heterocycles. The van der Waals surface area contributed by atoms with Gasteiger partial charge in [-0.2, -0.15) is 0 Å². The van der Waals surface area contributed by atoms with Gasteiger partial charge >= 0.3 is 7.12 Å². The average molecular weight is 380 g/mol. The van der Waals surface area contributed by atoms with Crippen molar-refractivity contribution < 1.29 is 22.5 Å². The van der Waals surface area contributed by atoms with E-state index in [1.54, 1.807) is 12.1 Å². The molecule has 2 aromatic rings. The van der Waals surface area contributed by atoms with E-state index >= 15 is 0 Å². The summed E-state index contributed by atoms with van der Waals surface area (Å²) >= 11 is 1.24. The fraction of sp³-hybridized carbons (Fsp3) is 0.368. The molecule has 138 valence electrons. The lowest BCUT2D eigenvalue weighted by Gasteiger charge is -2.32. The van der Waals surface area contributed by atoms with Crippen molar-refractivity contribution in [2.45, 2.75) is 49.5 Å². The minimum atomic E-state index is -0.911. The Bertz CT molecular complexity index is 810. The highest BCUT2D eigenvalue weighted by atomic mass is 32.2. The zero-order valence-corrected chi connectivity index (χ0v) is 15.9. The first-order valence-corrected chi connectivity index (χ1v) is 9.29. The van der Waals surface area contributed by atoms with Gasteiger partial charge < -0.3 is 9.31 Å². The van der Waals surface area contributed by atoms with Gasteiger partial charge in [0.1, 0.15) is 5.82 Å². The van der Waals surface area contributed by atoms with Crippen LogP contribution in [0.3, 0.4) is 0 Å². The normalized spacial score (nSPS) is 18.3. The zero-order chi connectivity index (χ0) is 19.1. The van der Waals surface area contributed by atoms with Gasteiger partial charge in [-0.15, -0.1) is 11.8 Å². The molecule has 0 amide bonds. The summed E-state index contributed by atoms with van der Waals surface area (Å²) < 4.78 is 52.5. The standard InChI is InChI=1S/C19H20BF3O2S/c1-18(2)19(3,4)25-20(24-18)13-6-5-12(16(22)9-13)11-26-14-7-8-15(21)17(23)10-14/h5-10H,11H2,1-4H3. The highest BCUT2D eigenvalue weighted by Crippen LogP contribution is 2.36. The third-order valence-corrected chi connectivity index (χ3v) is 5.93. The number of rotatable bonds is 4. The quantitative estimate of drug-likeness (QED) is 0.566. The van der Waals surface area contributed by atoms with Crippen molar-refractivity contribution in [2.75, 3.05) is 0 Å². The van der Waals surface area contributed by atoms with Crippen LogP contribution in [0.4, 0.5) is 13.2 Å². The topological polar surface area (TPSA) is 18.5 Å². The van der Waals surface area contributed by atoms with E-state index in [0.717, 1.165) is 12.1 Å². The second kappa shape index (κ2) is 6.95. The number of hydrogen-bond acceptors (Lipinski definition) is 3. The van der Waals surface area contributed by atoms with Crippen molar-refractivity contribution in [3.8, 4) is 0 Å². The number of hydrogen-bond donors (Lipinski definition) is 0. The van der Waals surface area contributed by atoms with Gasteiger partial charge in [-0.05, 0) is 63.0 Å². The predicted molar refractivity (Wildman–Crippen MR) is 98.0 cm³/mol. The Hall–Kier alpha value is -1.44. The number of thioether (sulfide) groups is 1. The molecule has 0 unspecified atom stereocenters. The van der Waals surface area contributed by atoms with E-state index in [2.05, 4.69) is 0 Å². The molecule has 1 saturated heterocycles. The Labute approximate surface area is 156 Å². The smallest absolute Gasteiger partial charge is 0.399 e. The lowest BCUT2D eigenvalue weighted by Crippen LogP contribution is -2.41. The van der Waals surface area contributed by atoms with Crippen molar-refractivity contribution in [1.29, 1.82) is 0 Å². The molecule has 2 aromatic carbocycles. The summed E-state index contributed by atoms with van der Waals surface area (Å²) in [5.41, 5.74) is 0.104. The van der Waals surface area contributed by atoms with Crippen LogP contribution in [0.25, 0.3) is 0 Å². The van der Waals surface area contributed by atoms with E-state index in [0.29, 0.717) is 21.7 Å². The van der Waals surface area contributed by atoms with Gasteiger partial charge in [-0.3, -0.25) is 0 Å². The fourth-order valence-corrected chi connectivity index (χ4v) is 3.44. The van der Waals surface area contributed by atoms with Gasteiger partial charge in [-0.1, -0.05) is 12.1 Å². The summed E-state index contributed by atoms with van der Waals surface area (Å²) in [4.78, 5) is 0.540. The Balaban J connectivity index is 1.71. The third-order valence-electron chi connectivity index (χ3n) is 4.89. The largest absolute Gasteiger partial charge is 0.494 e. The van der Waals surface area contributed by atoms with E-state index in [-0.39, 0.29) is 5.82 Å². The van der Waals surface area contributed by atoms with E-state index in [9.17, 15) is 13.2 Å². The average Bonchev–Trinajstić information content (AvgIpc) is 2.77. The zero-order valence-electron chi connectivity index (χ0n) is 15.1. The van der Waals surface area contributed by atoms with Crippen molar-refractivity contribution >= 4 is 24.3 Å². The van der Waals surface area contributed by atoms with Crippen molar-refractivity contribution in [3.63, 3.8) is 0 Å². The van der Waals surface area contributed by atoms with Gasteiger partial charge in [-0.25, -0.2) is 13.2 Å². The molecule has 3 rings (SSSR count). The highest BCUT2D eigenvalue weighted by Gasteiger charge is 2.51. The molecular weight excluding hydrogens is 360 g/mol. The van der Waals surface area contributed by atoms with Gasteiger partial charge in [0.2, 0.25) is 0 Å². The van der Waals surface area contributed by atoms with Crippen LogP contribution >= 0.6 is 11.8 Å². The summed E-state index contributed by atoms with van der Waals surface area (Å²) in [6.45, 7) is 7.76. The molecule has 1 fully saturated rings. The predicted octanol–water partition coefficient (Wildman–Crippen LogP) is 4.70. The summed E-state index contributed by atoms with van der Waals surface area (Å²) in [5, 5.41) is 0. The monoisotopic (exact) mass is 380 g/mol. The lowest BCUT2D eigenvalue weighted by atomic mass is 9.79. The van der Waals surface area contributed by atoms with Gasteiger partial charge in [0, 0.05) is 10.6 Å². The maximum Gasteiger partial charge on any atom is 0.494 e. The Morgan fingerprint density at radius 1 is 0.846 bits per heavy atom. The summed E-state index contributed by atoms with van der Waals surface area (Å²) in [7, 11) is -0.623. The SMILES string of the molecule is CC1(C)OB(c2ccc(CSc3ccc(F)c(F)c3)c(F)c2)OC1(C)C. The van der Waals surface area contributed by atoms with Crippen LogP contribution in [0.1, 0.15) is 33.3 Å².